The van der Waals surface area contributed by atoms with Gasteiger partial charge in [0, 0.05) is 5.75 Å². The minimum absolute atomic E-state index is 0.0278. The number of thioether (sulfide) groups is 1. The Morgan fingerprint density at radius 2 is 1.81 bits per heavy atom. The SMILES string of the molecule is CCCCOC(=O)CC(CSc1nc2c(C(=O)OC)cccc2s1)C(=O)OCCCC. The van der Waals surface area contributed by atoms with Crippen molar-refractivity contribution in [2.24, 2.45) is 5.92 Å². The second-order valence-electron chi connectivity index (χ2n) is 6.93. The molecule has 1 aromatic carbocycles. The first-order valence-electron chi connectivity index (χ1n) is 10.4. The van der Waals surface area contributed by atoms with Crippen molar-refractivity contribution < 1.29 is 28.6 Å². The molecule has 1 unspecified atom stereocenters. The lowest BCUT2D eigenvalue weighted by molar-refractivity contribution is -0.154. The molecule has 170 valence electrons. The summed E-state index contributed by atoms with van der Waals surface area (Å²) in [5, 5.41) is 0. The van der Waals surface area contributed by atoms with E-state index in [4.69, 9.17) is 14.2 Å². The van der Waals surface area contributed by atoms with Gasteiger partial charge < -0.3 is 14.2 Å². The Morgan fingerprint density at radius 1 is 1.10 bits per heavy atom. The van der Waals surface area contributed by atoms with Gasteiger partial charge in [-0.1, -0.05) is 44.5 Å². The smallest absolute Gasteiger partial charge is 0.340 e. The number of para-hydroxylation sites is 1. The summed E-state index contributed by atoms with van der Waals surface area (Å²) in [6.45, 7) is 4.73. The summed E-state index contributed by atoms with van der Waals surface area (Å²) in [7, 11) is 1.33. The van der Waals surface area contributed by atoms with Crippen LogP contribution in [0.25, 0.3) is 10.2 Å². The first-order valence-corrected chi connectivity index (χ1v) is 12.2. The highest BCUT2D eigenvalue weighted by atomic mass is 32.2. The third-order valence-corrected chi connectivity index (χ3v) is 6.79. The lowest BCUT2D eigenvalue weighted by Crippen LogP contribution is -2.24. The number of esters is 3. The van der Waals surface area contributed by atoms with Gasteiger partial charge in [-0.05, 0) is 25.0 Å². The van der Waals surface area contributed by atoms with Crippen LogP contribution < -0.4 is 0 Å². The van der Waals surface area contributed by atoms with E-state index in [2.05, 4.69) is 4.98 Å². The zero-order valence-electron chi connectivity index (χ0n) is 18.2. The molecule has 0 radical (unpaired) electrons. The van der Waals surface area contributed by atoms with Gasteiger partial charge in [0.1, 0.15) is 0 Å². The lowest BCUT2D eigenvalue weighted by atomic mass is 10.1. The van der Waals surface area contributed by atoms with E-state index >= 15 is 0 Å². The Morgan fingerprint density at radius 3 is 2.48 bits per heavy atom. The zero-order valence-corrected chi connectivity index (χ0v) is 19.8. The van der Waals surface area contributed by atoms with Gasteiger partial charge in [0.15, 0.2) is 4.34 Å². The Balaban J connectivity index is 2.08. The van der Waals surface area contributed by atoms with Gasteiger partial charge in [-0.3, -0.25) is 9.59 Å². The van der Waals surface area contributed by atoms with Crippen molar-refractivity contribution in [1.82, 2.24) is 4.98 Å². The number of ether oxygens (including phenoxy) is 3. The molecule has 0 spiro atoms. The van der Waals surface area contributed by atoms with E-state index in [1.807, 2.05) is 19.9 Å². The molecule has 2 rings (SSSR count). The third-order valence-electron chi connectivity index (χ3n) is 4.46. The van der Waals surface area contributed by atoms with E-state index in [1.165, 1.54) is 30.2 Å². The van der Waals surface area contributed by atoms with Crippen molar-refractivity contribution in [1.29, 1.82) is 0 Å². The number of carbonyl (C=O) groups is 3. The number of aromatic nitrogens is 1. The average molecular weight is 468 g/mol. The second kappa shape index (κ2) is 13.3. The fourth-order valence-electron chi connectivity index (χ4n) is 2.67. The van der Waals surface area contributed by atoms with E-state index in [0.29, 0.717) is 34.4 Å². The molecule has 0 fully saturated rings. The largest absolute Gasteiger partial charge is 0.466 e. The molecule has 9 heteroatoms. The molecule has 0 amide bonds. The predicted octanol–water partition coefficient (Wildman–Crippen LogP) is 4.87. The molecule has 31 heavy (non-hydrogen) atoms. The summed E-state index contributed by atoms with van der Waals surface area (Å²) in [6, 6.07) is 5.33. The molecule has 0 N–H and O–H groups in total. The van der Waals surface area contributed by atoms with Crippen molar-refractivity contribution >= 4 is 51.2 Å². The summed E-state index contributed by atoms with van der Waals surface area (Å²) in [6.07, 6.45) is 3.39. The highest BCUT2D eigenvalue weighted by molar-refractivity contribution is 8.01. The first kappa shape index (κ1) is 25.1. The summed E-state index contributed by atoms with van der Waals surface area (Å²) in [5.74, 6) is -1.53. The van der Waals surface area contributed by atoms with Gasteiger partial charge in [0.2, 0.25) is 0 Å². The van der Waals surface area contributed by atoms with Gasteiger partial charge in [-0.25, -0.2) is 9.78 Å². The number of hydrogen-bond donors (Lipinski definition) is 0. The number of methoxy groups -OCH3 is 1. The molecule has 0 aliphatic heterocycles. The number of hydrogen-bond acceptors (Lipinski definition) is 9. The molecule has 2 aromatic rings. The monoisotopic (exact) mass is 467 g/mol. The van der Waals surface area contributed by atoms with Crippen LogP contribution in [0.3, 0.4) is 0 Å². The lowest BCUT2D eigenvalue weighted by Gasteiger charge is -2.14. The van der Waals surface area contributed by atoms with Gasteiger partial charge in [0.25, 0.3) is 0 Å². The quantitative estimate of drug-likeness (QED) is 0.178. The highest BCUT2D eigenvalue weighted by Gasteiger charge is 2.25. The Labute approximate surface area is 190 Å². The number of nitrogens with zero attached hydrogens (tertiary/aromatic N) is 1. The topological polar surface area (TPSA) is 91.8 Å². The standard InChI is InChI=1S/C22H29NO6S2/c1-4-6-11-28-18(24)13-15(20(25)29-12-7-5-2)14-30-22-23-19-16(21(26)27-3)9-8-10-17(19)31-22/h8-10,15H,4-7,11-14H2,1-3H3. The minimum Gasteiger partial charge on any atom is -0.466 e. The molecular formula is C22H29NO6S2. The van der Waals surface area contributed by atoms with Crippen LogP contribution in [-0.4, -0.2) is 49.0 Å². The molecule has 1 atom stereocenters. The second-order valence-corrected chi connectivity index (χ2v) is 9.23. The maximum absolute atomic E-state index is 12.5. The van der Waals surface area contributed by atoms with Crippen LogP contribution in [0.15, 0.2) is 22.5 Å². The van der Waals surface area contributed by atoms with Gasteiger partial charge in [-0.2, -0.15) is 0 Å². The van der Waals surface area contributed by atoms with Crippen LogP contribution in [0.4, 0.5) is 0 Å². The zero-order chi connectivity index (χ0) is 22.6. The highest BCUT2D eigenvalue weighted by Crippen LogP contribution is 2.33. The van der Waals surface area contributed by atoms with Crippen LogP contribution >= 0.6 is 23.1 Å². The minimum atomic E-state index is -0.622. The van der Waals surface area contributed by atoms with Crippen LogP contribution in [0.1, 0.15) is 56.3 Å². The van der Waals surface area contributed by atoms with Crippen molar-refractivity contribution in [2.45, 2.75) is 50.3 Å². The number of unbranched alkanes of at least 4 members (excludes halogenated alkanes) is 2. The normalized spacial score (nSPS) is 11.8. The molecule has 7 nitrogen and oxygen atoms in total. The van der Waals surface area contributed by atoms with Gasteiger partial charge in [0.05, 0.1) is 48.4 Å². The number of thiazole rings is 1. The Hall–Kier alpha value is -2.13. The van der Waals surface area contributed by atoms with Crippen molar-refractivity contribution in [3.63, 3.8) is 0 Å². The fourth-order valence-corrected chi connectivity index (χ4v) is 4.86. The summed E-state index contributed by atoms with van der Waals surface area (Å²) in [4.78, 5) is 41.2. The Bertz CT molecular complexity index is 882. The molecule has 0 saturated heterocycles. The number of benzene rings is 1. The fraction of sp³-hybridized carbons (Fsp3) is 0.545. The van der Waals surface area contributed by atoms with Gasteiger partial charge in [-0.15, -0.1) is 11.3 Å². The molecular weight excluding hydrogens is 438 g/mol. The third kappa shape index (κ3) is 7.81. The molecule has 0 aliphatic carbocycles. The molecule has 0 saturated carbocycles. The molecule has 0 aliphatic rings. The van der Waals surface area contributed by atoms with Crippen LogP contribution in [0, 0.1) is 5.92 Å². The molecule has 0 bridgehead atoms. The summed E-state index contributed by atoms with van der Waals surface area (Å²) >= 11 is 2.79. The first-order chi connectivity index (χ1) is 15.0. The summed E-state index contributed by atoms with van der Waals surface area (Å²) < 4.78 is 16.9. The average Bonchev–Trinajstić information content (AvgIpc) is 3.19. The van der Waals surface area contributed by atoms with Crippen molar-refractivity contribution in [3.05, 3.63) is 23.8 Å². The Kier molecular flexibility index (Phi) is 10.8. The van der Waals surface area contributed by atoms with Crippen LogP contribution in [-0.2, 0) is 23.8 Å². The number of fused-ring (bicyclic) bond motifs is 1. The van der Waals surface area contributed by atoms with Crippen LogP contribution in [0.2, 0.25) is 0 Å². The maximum atomic E-state index is 12.5. The van der Waals surface area contributed by atoms with E-state index in [0.717, 1.165) is 30.4 Å². The maximum Gasteiger partial charge on any atom is 0.340 e. The van der Waals surface area contributed by atoms with Crippen molar-refractivity contribution in [3.8, 4) is 0 Å². The van der Waals surface area contributed by atoms with Crippen LogP contribution in [0.5, 0.6) is 0 Å². The summed E-state index contributed by atoms with van der Waals surface area (Å²) in [5.41, 5.74) is 0.973. The number of rotatable bonds is 13. The van der Waals surface area contributed by atoms with E-state index < -0.39 is 23.8 Å². The van der Waals surface area contributed by atoms with Crippen molar-refractivity contribution in [2.75, 3.05) is 26.1 Å². The van der Waals surface area contributed by atoms with Gasteiger partial charge >= 0.3 is 17.9 Å². The van der Waals surface area contributed by atoms with E-state index in [9.17, 15) is 14.4 Å². The number of carbonyl (C=O) groups excluding carboxylic acids is 3. The molecule has 1 aromatic heterocycles. The van der Waals surface area contributed by atoms with E-state index in [-0.39, 0.29) is 6.42 Å². The molecule has 1 heterocycles. The van der Waals surface area contributed by atoms with E-state index in [1.54, 1.807) is 12.1 Å². The predicted molar refractivity (Wildman–Crippen MR) is 122 cm³/mol.